The number of rotatable bonds is 4. The van der Waals surface area contributed by atoms with Crippen LogP contribution < -0.4 is 9.80 Å². The molecule has 154 valence electrons. The average molecular weight is 397 g/mol. The van der Waals surface area contributed by atoms with Gasteiger partial charge in [0.15, 0.2) is 0 Å². The Labute approximate surface area is 171 Å². The Balaban J connectivity index is 1.58. The summed E-state index contributed by atoms with van der Waals surface area (Å²) in [5, 5.41) is 0. The number of nitrogens with zero attached hydrogens (tertiary/aromatic N) is 5. The van der Waals surface area contributed by atoms with Gasteiger partial charge >= 0.3 is 6.09 Å². The minimum absolute atomic E-state index is 0.250. The molecule has 0 aliphatic carbocycles. The van der Waals surface area contributed by atoms with Crippen LogP contribution in [0.5, 0.6) is 0 Å². The standard InChI is InChI=1S/C21H27N5O3/c1-2-29-21(27)26-10-8-25(9-11-26)20-22-18(17-6-4-3-5-7-17)16-19(23-20)24-12-14-28-15-13-24/h3-7,16H,2,8-15H2,1H3. The van der Waals surface area contributed by atoms with Gasteiger partial charge in [-0.15, -0.1) is 0 Å². The molecule has 0 spiro atoms. The van der Waals surface area contributed by atoms with Crippen molar-refractivity contribution in [2.45, 2.75) is 6.92 Å². The number of hydrogen-bond donors (Lipinski definition) is 0. The lowest BCUT2D eigenvalue weighted by Crippen LogP contribution is -2.49. The van der Waals surface area contributed by atoms with Crippen molar-refractivity contribution in [3.63, 3.8) is 0 Å². The average Bonchev–Trinajstić information content (AvgIpc) is 2.80. The number of hydrogen-bond acceptors (Lipinski definition) is 7. The van der Waals surface area contributed by atoms with Gasteiger partial charge in [-0.05, 0) is 6.92 Å². The van der Waals surface area contributed by atoms with Crippen LogP contribution in [-0.4, -0.2) is 80.1 Å². The molecule has 0 atom stereocenters. The first-order chi connectivity index (χ1) is 14.2. The normalized spacial score (nSPS) is 17.3. The molecule has 0 unspecified atom stereocenters. The highest BCUT2D eigenvalue weighted by molar-refractivity contribution is 5.68. The molecule has 1 aromatic heterocycles. The van der Waals surface area contributed by atoms with E-state index in [0.717, 1.165) is 30.2 Å². The second kappa shape index (κ2) is 9.09. The maximum Gasteiger partial charge on any atom is 0.409 e. The van der Waals surface area contributed by atoms with Crippen molar-refractivity contribution in [2.75, 3.05) is 68.9 Å². The van der Waals surface area contributed by atoms with Gasteiger partial charge in [-0.2, -0.15) is 4.98 Å². The Kier molecular flexibility index (Phi) is 6.09. The molecule has 2 aliphatic heterocycles. The largest absolute Gasteiger partial charge is 0.450 e. The van der Waals surface area contributed by atoms with E-state index in [4.69, 9.17) is 19.4 Å². The number of piperazine rings is 1. The Hall–Kier alpha value is -2.87. The molecule has 2 aliphatic rings. The molecule has 2 saturated heterocycles. The second-order valence-electron chi connectivity index (χ2n) is 7.05. The van der Waals surface area contributed by atoms with E-state index in [1.165, 1.54) is 0 Å². The van der Waals surface area contributed by atoms with E-state index in [-0.39, 0.29) is 6.09 Å². The van der Waals surface area contributed by atoms with Gasteiger partial charge in [-0.1, -0.05) is 30.3 Å². The van der Waals surface area contributed by atoms with Gasteiger partial charge in [-0.25, -0.2) is 9.78 Å². The van der Waals surface area contributed by atoms with E-state index in [2.05, 4.69) is 28.0 Å². The number of carbonyl (C=O) groups is 1. The summed E-state index contributed by atoms with van der Waals surface area (Å²) in [7, 11) is 0. The number of ether oxygens (including phenoxy) is 2. The summed E-state index contributed by atoms with van der Waals surface area (Å²) in [6.07, 6.45) is -0.250. The lowest BCUT2D eigenvalue weighted by molar-refractivity contribution is 0.105. The fourth-order valence-electron chi connectivity index (χ4n) is 3.58. The van der Waals surface area contributed by atoms with Crippen molar-refractivity contribution in [3.05, 3.63) is 36.4 Å². The zero-order valence-corrected chi connectivity index (χ0v) is 16.8. The van der Waals surface area contributed by atoms with Gasteiger partial charge in [0.2, 0.25) is 5.95 Å². The molecule has 29 heavy (non-hydrogen) atoms. The number of carbonyl (C=O) groups excluding carboxylic acids is 1. The molecule has 1 amide bonds. The highest BCUT2D eigenvalue weighted by Crippen LogP contribution is 2.26. The molecular weight excluding hydrogens is 370 g/mol. The summed E-state index contributed by atoms with van der Waals surface area (Å²) in [4.78, 5) is 27.8. The van der Waals surface area contributed by atoms with Crippen LogP contribution in [0.1, 0.15) is 6.92 Å². The molecule has 0 N–H and O–H groups in total. The molecule has 0 bridgehead atoms. The van der Waals surface area contributed by atoms with Gasteiger partial charge < -0.3 is 24.2 Å². The molecule has 0 saturated carbocycles. The van der Waals surface area contributed by atoms with Gasteiger partial charge in [0.1, 0.15) is 5.82 Å². The second-order valence-corrected chi connectivity index (χ2v) is 7.05. The van der Waals surface area contributed by atoms with Crippen LogP contribution in [0.15, 0.2) is 36.4 Å². The van der Waals surface area contributed by atoms with E-state index >= 15 is 0 Å². The van der Waals surface area contributed by atoms with Crippen molar-refractivity contribution in [2.24, 2.45) is 0 Å². The molecule has 2 fully saturated rings. The van der Waals surface area contributed by atoms with E-state index in [0.29, 0.717) is 51.9 Å². The number of anilines is 2. The Bertz CT molecular complexity index is 818. The fraction of sp³-hybridized carbons (Fsp3) is 0.476. The van der Waals surface area contributed by atoms with Crippen molar-refractivity contribution in [1.82, 2.24) is 14.9 Å². The van der Waals surface area contributed by atoms with Crippen LogP contribution in [-0.2, 0) is 9.47 Å². The fourth-order valence-corrected chi connectivity index (χ4v) is 3.58. The molecule has 3 heterocycles. The van der Waals surface area contributed by atoms with Crippen LogP contribution in [0.25, 0.3) is 11.3 Å². The number of morpholine rings is 1. The predicted molar refractivity (Wildman–Crippen MR) is 111 cm³/mol. The smallest absolute Gasteiger partial charge is 0.409 e. The van der Waals surface area contributed by atoms with Crippen molar-refractivity contribution in [3.8, 4) is 11.3 Å². The first kappa shape index (κ1) is 19.4. The van der Waals surface area contributed by atoms with E-state index < -0.39 is 0 Å². The lowest BCUT2D eigenvalue weighted by atomic mass is 10.1. The molecule has 8 nitrogen and oxygen atoms in total. The molecular formula is C21H27N5O3. The summed E-state index contributed by atoms with van der Waals surface area (Å²) >= 11 is 0. The molecule has 1 aromatic carbocycles. The monoisotopic (exact) mass is 397 g/mol. The van der Waals surface area contributed by atoms with Gasteiger partial charge in [0, 0.05) is 50.9 Å². The quantitative estimate of drug-likeness (QED) is 0.784. The number of benzene rings is 1. The van der Waals surface area contributed by atoms with E-state index in [9.17, 15) is 4.79 Å². The maximum absolute atomic E-state index is 12.0. The van der Waals surface area contributed by atoms with Crippen LogP contribution in [0, 0.1) is 0 Å². The number of amides is 1. The lowest BCUT2D eigenvalue weighted by Gasteiger charge is -2.35. The topological polar surface area (TPSA) is 71.0 Å². The van der Waals surface area contributed by atoms with Crippen molar-refractivity contribution >= 4 is 17.9 Å². The third-order valence-corrected chi connectivity index (χ3v) is 5.19. The van der Waals surface area contributed by atoms with Crippen molar-refractivity contribution < 1.29 is 14.3 Å². The van der Waals surface area contributed by atoms with Gasteiger partial charge in [0.25, 0.3) is 0 Å². The Morgan fingerprint density at radius 1 is 1.00 bits per heavy atom. The highest BCUT2D eigenvalue weighted by atomic mass is 16.6. The Morgan fingerprint density at radius 2 is 1.72 bits per heavy atom. The minimum atomic E-state index is -0.250. The zero-order valence-electron chi connectivity index (χ0n) is 16.8. The highest BCUT2D eigenvalue weighted by Gasteiger charge is 2.25. The molecule has 0 radical (unpaired) electrons. The maximum atomic E-state index is 12.0. The van der Waals surface area contributed by atoms with Crippen LogP contribution in [0.4, 0.5) is 16.6 Å². The molecule has 4 rings (SSSR count). The first-order valence-corrected chi connectivity index (χ1v) is 10.2. The third-order valence-electron chi connectivity index (χ3n) is 5.19. The third kappa shape index (κ3) is 4.59. The van der Waals surface area contributed by atoms with Crippen molar-refractivity contribution in [1.29, 1.82) is 0 Å². The predicted octanol–water partition coefficient (Wildman–Crippen LogP) is 2.26. The summed E-state index contributed by atoms with van der Waals surface area (Å²) in [5.41, 5.74) is 1.97. The van der Waals surface area contributed by atoms with E-state index in [1.807, 2.05) is 25.1 Å². The number of aromatic nitrogens is 2. The van der Waals surface area contributed by atoms with E-state index in [1.54, 1.807) is 4.90 Å². The SMILES string of the molecule is CCOC(=O)N1CCN(c2nc(-c3ccccc3)cc(N3CCOCC3)n2)CC1. The van der Waals surface area contributed by atoms with Gasteiger partial charge in [0.05, 0.1) is 25.5 Å². The van der Waals surface area contributed by atoms with Gasteiger partial charge in [-0.3, -0.25) is 0 Å². The summed E-state index contributed by atoms with van der Waals surface area (Å²) in [6, 6.07) is 12.2. The first-order valence-electron chi connectivity index (χ1n) is 10.2. The van der Waals surface area contributed by atoms with Crippen LogP contribution >= 0.6 is 0 Å². The zero-order chi connectivity index (χ0) is 20.1. The van der Waals surface area contributed by atoms with Crippen LogP contribution in [0.2, 0.25) is 0 Å². The summed E-state index contributed by atoms with van der Waals surface area (Å²) < 4.78 is 10.6. The Morgan fingerprint density at radius 3 is 2.41 bits per heavy atom. The minimum Gasteiger partial charge on any atom is -0.450 e. The molecule has 2 aromatic rings. The van der Waals surface area contributed by atoms with Crippen LogP contribution in [0.3, 0.4) is 0 Å². The summed E-state index contributed by atoms with van der Waals surface area (Å²) in [5.74, 6) is 1.63. The summed E-state index contributed by atoms with van der Waals surface area (Å²) in [6.45, 7) is 7.84. The molecule has 8 heteroatoms.